The third kappa shape index (κ3) is 8.69. The average molecular weight is 516 g/mol. The number of aliphatic imine (C=N–C) groups is 1. The highest BCUT2D eigenvalue weighted by Gasteiger charge is 2.26. The summed E-state index contributed by atoms with van der Waals surface area (Å²) in [4.78, 5) is 28.8. The summed E-state index contributed by atoms with van der Waals surface area (Å²) < 4.78 is 18.7. The molecule has 2 N–H and O–H groups in total. The van der Waals surface area contributed by atoms with Crippen LogP contribution in [-0.4, -0.2) is 76.4 Å². The number of halogens is 1. The van der Waals surface area contributed by atoms with Crippen molar-refractivity contribution in [1.29, 1.82) is 0 Å². The second-order valence-corrected chi connectivity index (χ2v) is 9.25. The van der Waals surface area contributed by atoms with Gasteiger partial charge in [0.15, 0.2) is 5.17 Å². The van der Waals surface area contributed by atoms with Gasteiger partial charge in [-0.2, -0.15) is 0 Å². The molecule has 2 heterocycles. The van der Waals surface area contributed by atoms with Gasteiger partial charge in [0.05, 0.1) is 5.69 Å². The second kappa shape index (κ2) is 13.6. The van der Waals surface area contributed by atoms with Crippen LogP contribution in [0.3, 0.4) is 0 Å². The number of likely N-dealkylation sites (tertiary alicyclic amines) is 1. The molecule has 1 fully saturated rings. The van der Waals surface area contributed by atoms with Gasteiger partial charge in [-0.15, -0.1) is 0 Å². The van der Waals surface area contributed by atoms with Crippen molar-refractivity contribution in [3.63, 3.8) is 0 Å². The van der Waals surface area contributed by atoms with Gasteiger partial charge in [0.2, 0.25) is 0 Å². The molecule has 10 heteroatoms. The lowest BCUT2D eigenvalue weighted by Gasteiger charge is -2.38. The standard InChI is InChI=1S/C22H26FN3OS.C4H4O4/c1-25(22-24-21-5-3-2-4-17(21)16-28-22)19-10-12-26(13-11-19)14-15-27-20-8-6-18(23)7-9-20;5-3(6)1-2-4(7)8/h2-9,19H,10-16H2,1H3;1-2H,(H,5,6)(H,7,8). The van der Waals surface area contributed by atoms with Gasteiger partial charge < -0.3 is 19.8 Å². The molecule has 8 nitrogen and oxygen atoms in total. The molecule has 2 aliphatic rings. The number of hydrogen-bond acceptors (Lipinski definition) is 7. The first-order valence-electron chi connectivity index (χ1n) is 11.6. The number of fused-ring (bicyclic) bond motifs is 1. The maximum absolute atomic E-state index is 12.9. The Hall–Kier alpha value is -3.37. The Bertz CT molecular complexity index is 1070. The molecular formula is C26H30FN3O5S. The molecule has 0 unspecified atom stereocenters. The van der Waals surface area contributed by atoms with Crippen molar-refractivity contribution in [3.8, 4) is 5.75 Å². The zero-order chi connectivity index (χ0) is 25.9. The second-order valence-electron chi connectivity index (χ2n) is 8.31. The fraction of sp³-hybridized carbons (Fsp3) is 0.346. The number of para-hydroxylation sites is 1. The van der Waals surface area contributed by atoms with Crippen LogP contribution in [0.2, 0.25) is 0 Å². The van der Waals surface area contributed by atoms with Crippen LogP contribution in [0.5, 0.6) is 5.75 Å². The van der Waals surface area contributed by atoms with Crippen molar-refractivity contribution < 1.29 is 28.9 Å². The number of nitrogens with zero attached hydrogens (tertiary/aromatic N) is 3. The molecule has 0 saturated carbocycles. The average Bonchev–Trinajstić information content (AvgIpc) is 2.89. The van der Waals surface area contributed by atoms with E-state index in [9.17, 15) is 14.0 Å². The molecular weight excluding hydrogens is 485 g/mol. The summed E-state index contributed by atoms with van der Waals surface area (Å²) in [5.41, 5.74) is 2.43. The summed E-state index contributed by atoms with van der Waals surface area (Å²) in [5, 5.41) is 16.8. The molecule has 0 spiro atoms. The molecule has 2 aromatic carbocycles. The van der Waals surface area contributed by atoms with Crippen molar-refractivity contribution >= 4 is 34.6 Å². The van der Waals surface area contributed by atoms with Crippen LogP contribution in [0.4, 0.5) is 10.1 Å². The molecule has 36 heavy (non-hydrogen) atoms. The number of benzene rings is 2. The fourth-order valence-electron chi connectivity index (χ4n) is 3.85. The van der Waals surface area contributed by atoms with Crippen LogP contribution in [0, 0.1) is 5.82 Å². The first-order chi connectivity index (χ1) is 17.3. The number of piperidine rings is 1. The van der Waals surface area contributed by atoms with Gasteiger partial charge >= 0.3 is 11.9 Å². The number of ether oxygens (including phenoxy) is 1. The van der Waals surface area contributed by atoms with E-state index in [0.717, 1.165) is 54.8 Å². The molecule has 0 aromatic heterocycles. The summed E-state index contributed by atoms with van der Waals surface area (Å²) >= 11 is 1.84. The van der Waals surface area contributed by atoms with E-state index in [1.54, 1.807) is 12.1 Å². The number of aliphatic carboxylic acids is 2. The lowest BCUT2D eigenvalue weighted by Crippen LogP contribution is -2.46. The van der Waals surface area contributed by atoms with E-state index in [-0.39, 0.29) is 5.82 Å². The minimum absolute atomic E-state index is 0.234. The van der Waals surface area contributed by atoms with Gasteiger partial charge in [0.25, 0.3) is 0 Å². The Morgan fingerprint density at radius 2 is 1.75 bits per heavy atom. The van der Waals surface area contributed by atoms with Crippen LogP contribution < -0.4 is 4.74 Å². The molecule has 2 aliphatic heterocycles. The zero-order valence-corrected chi connectivity index (χ0v) is 20.9. The van der Waals surface area contributed by atoms with Crippen LogP contribution in [0.25, 0.3) is 0 Å². The third-order valence-corrected chi connectivity index (χ3v) is 6.92. The van der Waals surface area contributed by atoms with Gasteiger partial charge in [0, 0.05) is 50.6 Å². The summed E-state index contributed by atoms with van der Waals surface area (Å²) in [6, 6.07) is 15.2. The third-order valence-electron chi connectivity index (χ3n) is 5.83. The van der Waals surface area contributed by atoms with Crippen LogP contribution in [0.1, 0.15) is 18.4 Å². The van der Waals surface area contributed by atoms with Gasteiger partial charge in [-0.05, 0) is 48.7 Å². The highest BCUT2D eigenvalue weighted by atomic mass is 32.2. The van der Waals surface area contributed by atoms with Gasteiger partial charge in [0.1, 0.15) is 18.2 Å². The highest BCUT2D eigenvalue weighted by molar-refractivity contribution is 8.13. The van der Waals surface area contributed by atoms with E-state index >= 15 is 0 Å². The Morgan fingerprint density at radius 1 is 1.11 bits per heavy atom. The molecule has 192 valence electrons. The predicted octanol–water partition coefficient (Wildman–Crippen LogP) is 4.25. The molecule has 2 aromatic rings. The van der Waals surface area contributed by atoms with Crippen molar-refractivity contribution in [2.45, 2.75) is 24.6 Å². The van der Waals surface area contributed by atoms with E-state index in [0.29, 0.717) is 24.8 Å². The van der Waals surface area contributed by atoms with Gasteiger partial charge in [-0.25, -0.2) is 19.0 Å². The molecule has 0 amide bonds. The van der Waals surface area contributed by atoms with E-state index in [1.165, 1.54) is 17.7 Å². The van der Waals surface area contributed by atoms with Crippen molar-refractivity contribution in [2.24, 2.45) is 4.99 Å². The largest absolute Gasteiger partial charge is 0.492 e. The minimum atomic E-state index is -1.26. The van der Waals surface area contributed by atoms with Crippen LogP contribution in [0.15, 0.2) is 65.7 Å². The number of carbonyl (C=O) groups is 2. The number of rotatable bonds is 7. The van der Waals surface area contributed by atoms with Crippen molar-refractivity contribution in [2.75, 3.05) is 33.3 Å². The maximum atomic E-state index is 12.9. The molecule has 1 saturated heterocycles. The maximum Gasteiger partial charge on any atom is 0.328 e. The number of carboxylic acid groups (broad SMARTS) is 2. The molecule has 0 radical (unpaired) electrons. The molecule has 0 aliphatic carbocycles. The van der Waals surface area contributed by atoms with Crippen molar-refractivity contribution in [3.05, 3.63) is 72.1 Å². The SMILES string of the molecule is CN(C1=Nc2ccccc2CS1)C1CCN(CCOc2ccc(F)cc2)CC1.O=C(O)C=CC(=O)O. The first kappa shape index (κ1) is 27.2. The molecule has 0 bridgehead atoms. The van der Waals surface area contributed by atoms with Crippen LogP contribution in [-0.2, 0) is 15.3 Å². The highest BCUT2D eigenvalue weighted by Crippen LogP contribution is 2.32. The van der Waals surface area contributed by atoms with E-state index in [1.807, 2.05) is 11.8 Å². The van der Waals surface area contributed by atoms with E-state index in [4.69, 9.17) is 19.9 Å². The van der Waals surface area contributed by atoms with Gasteiger partial charge in [-0.1, -0.05) is 30.0 Å². The zero-order valence-electron chi connectivity index (χ0n) is 20.0. The lowest BCUT2D eigenvalue weighted by atomic mass is 10.0. The summed E-state index contributed by atoms with van der Waals surface area (Å²) in [7, 11) is 2.18. The normalized spacial score (nSPS) is 15.9. The smallest absolute Gasteiger partial charge is 0.328 e. The first-order valence-corrected chi connectivity index (χ1v) is 12.6. The fourth-order valence-corrected chi connectivity index (χ4v) is 4.90. The Balaban J connectivity index is 0.000000392. The van der Waals surface area contributed by atoms with Gasteiger partial charge in [-0.3, -0.25) is 4.90 Å². The van der Waals surface area contributed by atoms with Crippen molar-refractivity contribution in [1.82, 2.24) is 9.80 Å². The predicted molar refractivity (Wildman–Crippen MR) is 138 cm³/mol. The number of carboxylic acids is 2. The quantitative estimate of drug-likeness (QED) is 0.528. The van der Waals surface area contributed by atoms with E-state index < -0.39 is 11.9 Å². The number of amidine groups is 1. The minimum Gasteiger partial charge on any atom is -0.492 e. The Morgan fingerprint density at radius 3 is 2.39 bits per heavy atom. The number of thioether (sulfide) groups is 1. The van der Waals surface area contributed by atoms with Crippen LogP contribution >= 0.6 is 11.8 Å². The molecule has 0 atom stereocenters. The monoisotopic (exact) mass is 515 g/mol. The molecule has 4 rings (SSSR count). The number of hydrogen-bond donors (Lipinski definition) is 2. The summed E-state index contributed by atoms with van der Waals surface area (Å²) in [6.07, 6.45) is 3.38. The lowest BCUT2D eigenvalue weighted by molar-refractivity contribution is -0.134. The Labute approximate surface area is 214 Å². The summed E-state index contributed by atoms with van der Waals surface area (Å²) in [5.74, 6) is -1.02. The summed E-state index contributed by atoms with van der Waals surface area (Å²) in [6.45, 7) is 3.66. The Kier molecular flexibility index (Phi) is 10.3. The topological polar surface area (TPSA) is 103 Å². The van der Waals surface area contributed by atoms with E-state index in [2.05, 4.69) is 41.1 Å².